The maximum Gasteiger partial charge on any atom is 0.418 e. The second kappa shape index (κ2) is 6.80. The van der Waals surface area contributed by atoms with Gasteiger partial charge in [-0.25, -0.2) is 0 Å². The summed E-state index contributed by atoms with van der Waals surface area (Å²) in [5.41, 5.74) is -0.462. The molecule has 0 aliphatic rings. The Morgan fingerprint density at radius 1 is 1.16 bits per heavy atom. The normalized spacial score (nSPS) is 13.6. The Bertz CT molecular complexity index is 387. The van der Waals surface area contributed by atoms with Crippen LogP contribution in [0.25, 0.3) is 0 Å². The van der Waals surface area contributed by atoms with E-state index in [0.717, 1.165) is 25.7 Å². The van der Waals surface area contributed by atoms with Gasteiger partial charge < -0.3 is 10.2 Å². The molecular formula is C14H21F3N2. The predicted octanol–water partition coefficient (Wildman–Crippen LogP) is 3.85. The Labute approximate surface area is 112 Å². The molecule has 1 rings (SSSR count). The zero-order valence-electron chi connectivity index (χ0n) is 11.6. The third-order valence-electron chi connectivity index (χ3n) is 3.06. The van der Waals surface area contributed by atoms with Crippen molar-refractivity contribution < 1.29 is 13.2 Å². The van der Waals surface area contributed by atoms with E-state index in [1.165, 1.54) is 12.1 Å². The van der Waals surface area contributed by atoms with Crippen LogP contribution in [0.2, 0.25) is 0 Å². The van der Waals surface area contributed by atoms with Gasteiger partial charge in [0.05, 0.1) is 5.56 Å². The zero-order valence-corrected chi connectivity index (χ0v) is 11.6. The summed E-state index contributed by atoms with van der Waals surface area (Å²) < 4.78 is 38.5. The van der Waals surface area contributed by atoms with E-state index in [9.17, 15) is 13.2 Å². The zero-order chi connectivity index (χ0) is 14.5. The average Bonchev–Trinajstić information content (AvgIpc) is 2.35. The molecule has 0 spiro atoms. The van der Waals surface area contributed by atoms with Gasteiger partial charge in [-0.3, -0.25) is 0 Å². The molecule has 108 valence electrons. The van der Waals surface area contributed by atoms with Crippen molar-refractivity contribution in [2.24, 2.45) is 0 Å². The molecule has 19 heavy (non-hydrogen) atoms. The molecule has 1 aromatic carbocycles. The maximum absolute atomic E-state index is 12.8. The number of nitrogens with one attached hydrogen (secondary N) is 1. The molecule has 1 atom stereocenters. The summed E-state index contributed by atoms with van der Waals surface area (Å²) in [7, 11) is 0. The molecule has 0 bridgehead atoms. The smallest absolute Gasteiger partial charge is 0.381 e. The number of halogens is 3. The molecule has 0 saturated heterocycles. The van der Waals surface area contributed by atoms with Crippen LogP contribution in [0.5, 0.6) is 0 Å². The summed E-state index contributed by atoms with van der Waals surface area (Å²) in [5, 5.41) is 2.95. The van der Waals surface area contributed by atoms with Crippen molar-refractivity contribution in [3.8, 4) is 0 Å². The van der Waals surface area contributed by atoms with Crippen LogP contribution in [-0.2, 0) is 6.18 Å². The highest BCUT2D eigenvalue weighted by Crippen LogP contribution is 2.34. The molecule has 0 radical (unpaired) electrons. The molecular weight excluding hydrogens is 253 g/mol. The van der Waals surface area contributed by atoms with Gasteiger partial charge in [0.25, 0.3) is 0 Å². The number of benzene rings is 1. The van der Waals surface area contributed by atoms with Crippen molar-refractivity contribution in [3.05, 3.63) is 29.8 Å². The molecule has 0 amide bonds. The third-order valence-corrected chi connectivity index (χ3v) is 3.06. The summed E-state index contributed by atoms with van der Waals surface area (Å²) in [5.74, 6) is 0. The first-order valence-corrected chi connectivity index (χ1v) is 6.53. The number of alkyl halides is 3. The van der Waals surface area contributed by atoms with Crippen molar-refractivity contribution in [2.75, 3.05) is 25.0 Å². The van der Waals surface area contributed by atoms with Gasteiger partial charge in [0, 0.05) is 18.3 Å². The highest BCUT2D eigenvalue weighted by atomic mass is 19.4. The molecule has 0 saturated carbocycles. The fraction of sp³-hybridized carbons (Fsp3) is 0.571. The minimum absolute atomic E-state index is 0.0385. The number of hydrogen-bond acceptors (Lipinski definition) is 2. The minimum Gasteiger partial charge on any atom is -0.381 e. The standard InChI is InChI=1S/C14H21F3N2/c1-4-19(5-2)10-11(3)18-13-9-7-6-8-12(13)14(15,16)17/h6-9,11,18H,4-5,10H2,1-3H3. The number of nitrogens with zero attached hydrogens (tertiary/aromatic N) is 1. The molecule has 1 aromatic rings. The number of rotatable bonds is 6. The Hall–Kier alpha value is -1.23. The van der Waals surface area contributed by atoms with E-state index in [1.54, 1.807) is 6.07 Å². The van der Waals surface area contributed by atoms with Crippen molar-refractivity contribution in [3.63, 3.8) is 0 Å². The van der Waals surface area contributed by atoms with Crippen LogP contribution >= 0.6 is 0 Å². The van der Waals surface area contributed by atoms with Gasteiger partial charge >= 0.3 is 6.18 Å². The van der Waals surface area contributed by atoms with E-state index in [2.05, 4.69) is 10.2 Å². The molecule has 0 aliphatic heterocycles. The van der Waals surface area contributed by atoms with Gasteiger partial charge in [-0.15, -0.1) is 0 Å². The van der Waals surface area contributed by atoms with Gasteiger partial charge in [0.2, 0.25) is 0 Å². The molecule has 0 aliphatic carbocycles. The van der Waals surface area contributed by atoms with Crippen LogP contribution in [-0.4, -0.2) is 30.6 Å². The van der Waals surface area contributed by atoms with Crippen LogP contribution < -0.4 is 5.32 Å². The monoisotopic (exact) mass is 274 g/mol. The Morgan fingerprint density at radius 3 is 2.26 bits per heavy atom. The number of hydrogen-bond donors (Lipinski definition) is 1. The number of para-hydroxylation sites is 1. The van der Waals surface area contributed by atoms with Crippen LogP contribution in [0.15, 0.2) is 24.3 Å². The second-order valence-electron chi connectivity index (χ2n) is 4.57. The van der Waals surface area contributed by atoms with E-state index >= 15 is 0 Å². The lowest BCUT2D eigenvalue weighted by molar-refractivity contribution is -0.137. The molecule has 0 fully saturated rings. The lowest BCUT2D eigenvalue weighted by Crippen LogP contribution is -2.35. The lowest BCUT2D eigenvalue weighted by Gasteiger charge is -2.25. The summed E-state index contributed by atoms with van der Waals surface area (Å²) in [6.45, 7) is 8.48. The quantitative estimate of drug-likeness (QED) is 0.847. The Kier molecular flexibility index (Phi) is 5.66. The first-order valence-electron chi connectivity index (χ1n) is 6.53. The summed E-state index contributed by atoms with van der Waals surface area (Å²) in [4.78, 5) is 2.17. The summed E-state index contributed by atoms with van der Waals surface area (Å²) in [6, 6.07) is 5.56. The molecule has 0 aromatic heterocycles. The average molecular weight is 274 g/mol. The van der Waals surface area contributed by atoms with Gasteiger partial charge in [0.15, 0.2) is 0 Å². The van der Waals surface area contributed by atoms with Gasteiger partial charge in [0.1, 0.15) is 0 Å². The van der Waals surface area contributed by atoms with Gasteiger partial charge in [-0.05, 0) is 32.1 Å². The van der Waals surface area contributed by atoms with E-state index < -0.39 is 11.7 Å². The summed E-state index contributed by atoms with van der Waals surface area (Å²) in [6.07, 6.45) is -4.32. The predicted molar refractivity (Wildman–Crippen MR) is 72.3 cm³/mol. The van der Waals surface area contributed by atoms with E-state index in [0.29, 0.717) is 0 Å². The summed E-state index contributed by atoms with van der Waals surface area (Å²) >= 11 is 0. The van der Waals surface area contributed by atoms with Crippen LogP contribution in [0, 0.1) is 0 Å². The van der Waals surface area contributed by atoms with E-state index in [1.807, 2.05) is 20.8 Å². The SMILES string of the molecule is CCN(CC)CC(C)Nc1ccccc1C(F)(F)F. The number of anilines is 1. The molecule has 2 nitrogen and oxygen atoms in total. The van der Waals surface area contributed by atoms with Crippen molar-refractivity contribution >= 4 is 5.69 Å². The third kappa shape index (κ3) is 4.74. The van der Waals surface area contributed by atoms with Gasteiger partial charge in [-0.1, -0.05) is 26.0 Å². The second-order valence-corrected chi connectivity index (χ2v) is 4.57. The first kappa shape index (κ1) is 15.8. The number of likely N-dealkylation sites (N-methyl/N-ethyl adjacent to an activating group) is 1. The lowest BCUT2D eigenvalue weighted by atomic mass is 10.1. The molecule has 0 heterocycles. The van der Waals surface area contributed by atoms with Crippen molar-refractivity contribution in [1.82, 2.24) is 4.90 Å². The highest BCUT2D eigenvalue weighted by molar-refractivity contribution is 5.53. The van der Waals surface area contributed by atoms with Crippen molar-refractivity contribution in [2.45, 2.75) is 33.0 Å². The largest absolute Gasteiger partial charge is 0.418 e. The van der Waals surface area contributed by atoms with E-state index in [-0.39, 0.29) is 11.7 Å². The van der Waals surface area contributed by atoms with Crippen LogP contribution in [0.1, 0.15) is 26.3 Å². The van der Waals surface area contributed by atoms with Crippen molar-refractivity contribution in [1.29, 1.82) is 0 Å². The van der Waals surface area contributed by atoms with Crippen LogP contribution in [0.3, 0.4) is 0 Å². The Balaban J connectivity index is 2.77. The minimum atomic E-state index is -4.32. The fourth-order valence-corrected chi connectivity index (χ4v) is 2.04. The highest BCUT2D eigenvalue weighted by Gasteiger charge is 2.33. The molecule has 1 N–H and O–H groups in total. The fourth-order valence-electron chi connectivity index (χ4n) is 2.04. The van der Waals surface area contributed by atoms with Crippen LogP contribution in [0.4, 0.5) is 18.9 Å². The first-order chi connectivity index (χ1) is 8.88. The molecule has 5 heteroatoms. The molecule has 1 unspecified atom stereocenters. The van der Waals surface area contributed by atoms with E-state index in [4.69, 9.17) is 0 Å². The maximum atomic E-state index is 12.8. The topological polar surface area (TPSA) is 15.3 Å². The van der Waals surface area contributed by atoms with Gasteiger partial charge in [-0.2, -0.15) is 13.2 Å². The Morgan fingerprint density at radius 2 is 1.74 bits per heavy atom.